The van der Waals surface area contributed by atoms with E-state index >= 15 is 0 Å². The molecule has 0 bridgehead atoms. The Morgan fingerprint density at radius 3 is 2.75 bits per heavy atom. The van der Waals surface area contributed by atoms with Crippen LogP contribution in [0.5, 0.6) is 0 Å². The lowest BCUT2D eigenvalue weighted by Crippen LogP contribution is -2.35. The lowest BCUT2D eigenvalue weighted by molar-refractivity contribution is -0.137. The van der Waals surface area contributed by atoms with Gasteiger partial charge in [-0.05, 0) is 19.4 Å². The number of aryl methyl sites for hydroxylation is 1. The molecule has 7 nitrogen and oxygen atoms in total. The molecular weight excluding hydrogens is 282 g/mol. The molecule has 1 amide bonds. The topological polar surface area (TPSA) is 103 Å². The number of carbonyl (C=O) groups is 2. The number of aliphatic carboxylic acids is 1. The number of nitrogens with zero attached hydrogens (tertiary/aromatic N) is 2. The number of H-pyrrole nitrogens is 1. The van der Waals surface area contributed by atoms with E-state index in [1.807, 2.05) is 0 Å². The molecule has 2 aromatic rings. The predicted molar refractivity (Wildman–Crippen MR) is 74.2 cm³/mol. The fraction of sp³-hybridized carbons (Fsp3) is 0.333. The Bertz CT molecular complexity index is 734. The highest BCUT2D eigenvalue weighted by atomic mass is 32.1. The Morgan fingerprint density at radius 2 is 2.20 bits per heavy atom. The second kappa shape index (κ2) is 5.41. The van der Waals surface area contributed by atoms with Gasteiger partial charge in [-0.2, -0.15) is 0 Å². The van der Waals surface area contributed by atoms with Crippen LogP contribution in [0.2, 0.25) is 0 Å². The van der Waals surface area contributed by atoms with Gasteiger partial charge in [0.1, 0.15) is 11.4 Å². The number of fused-ring (bicyclic) bond motifs is 1. The van der Waals surface area contributed by atoms with Crippen molar-refractivity contribution in [1.82, 2.24) is 14.9 Å². The lowest BCUT2D eigenvalue weighted by Gasteiger charge is -2.17. The Balaban J connectivity index is 2.50. The van der Waals surface area contributed by atoms with Crippen molar-refractivity contribution in [3.8, 4) is 0 Å². The van der Waals surface area contributed by atoms with Gasteiger partial charge in [0.15, 0.2) is 0 Å². The zero-order chi connectivity index (χ0) is 14.9. The number of thiophene rings is 1. The number of hydrogen-bond donors (Lipinski definition) is 2. The van der Waals surface area contributed by atoms with Crippen molar-refractivity contribution < 1.29 is 14.7 Å². The number of carbonyl (C=O) groups excluding carboxylic acids is 1. The summed E-state index contributed by atoms with van der Waals surface area (Å²) in [5.74, 6) is -1.47. The molecule has 2 aromatic heterocycles. The normalized spacial score (nSPS) is 10.7. The van der Waals surface area contributed by atoms with E-state index in [0.29, 0.717) is 20.7 Å². The number of aromatic nitrogens is 2. The summed E-state index contributed by atoms with van der Waals surface area (Å²) in [5.41, 5.74) is 0.234. The van der Waals surface area contributed by atoms with Gasteiger partial charge in [-0.1, -0.05) is 0 Å². The monoisotopic (exact) mass is 295 g/mol. The molecule has 0 aromatic carbocycles. The Kier molecular flexibility index (Phi) is 3.84. The molecule has 20 heavy (non-hydrogen) atoms. The maximum atomic E-state index is 12.3. The number of amides is 1. The van der Waals surface area contributed by atoms with Crippen molar-refractivity contribution in [3.05, 3.63) is 27.1 Å². The van der Waals surface area contributed by atoms with Crippen LogP contribution in [-0.2, 0) is 4.79 Å². The first kappa shape index (κ1) is 14.2. The molecule has 8 heteroatoms. The van der Waals surface area contributed by atoms with E-state index in [2.05, 4.69) is 9.97 Å². The van der Waals surface area contributed by atoms with Gasteiger partial charge in [-0.15, -0.1) is 11.3 Å². The van der Waals surface area contributed by atoms with E-state index in [0.717, 1.165) is 11.3 Å². The molecule has 2 N–H and O–H groups in total. The Morgan fingerprint density at radius 1 is 1.50 bits per heavy atom. The van der Waals surface area contributed by atoms with Crippen LogP contribution in [0.1, 0.15) is 22.2 Å². The summed E-state index contributed by atoms with van der Waals surface area (Å²) in [6.07, 6.45) is 1.28. The molecule has 0 aliphatic rings. The highest BCUT2D eigenvalue weighted by Gasteiger charge is 2.23. The molecule has 106 valence electrons. The fourth-order valence-electron chi connectivity index (χ4n) is 1.92. The second-order valence-corrected chi connectivity index (χ2v) is 5.18. The Hall–Kier alpha value is -2.22. The fourth-order valence-corrected chi connectivity index (χ4v) is 3.03. The number of carboxylic acid groups (broad SMARTS) is 1. The van der Waals surface area contributed by atoms with Crippen molar-refractivity contribution in [2.75, 3.05) is 13.1 Å². The van der Waals surface area contributed by atoms with E-state index < -0.39 is 11.9 Å². The van der Waals surface area contributed by atoms with Crippen LogP contribution >= 0.6 is 11.3 Å². The number of likely N-dealkylation sites (N-methyl/N-ethyl adjacent to an activating group) is 1. The van der Waals surface area contributed by atoms with Gasteiger partial charge in [0.25, 0.3) is 11.5 Å². The zero-order valence-electron chi connectivity index (χ0n) is 11.0. The van der Waals surface area contributed by atoms with Gasteiger partial charge in [-0.3, -0.25) is 14.4 Å². The summed E-state index contributed by atoms with van der Waals surface area (Å²) in [5, 5.41) is 9.19. The lowest BCUT2D eigenvalue weighted by atomic mass is 10.2. The quantitative estimate of drug-likeness (QED) is 0.870. The third-order valence-corrected chi connectivity index (χ3v) is 4.11. The van der Waals surface area contributed by atoms with E-state index in [9.17, 15) is 14.4 Å². The summed E-state index contributed by atoms with van der Waals surface area (Å²) in [6.45, 7) is 3.28. The molecule has 0 spiro atoms. The van der Waals surface area contributed by atoms with Crippen LogP contribution in [0.15, 0.2) is 11.1 Å². The minimum atomic E-state index is -1.07. The molecule has 0 fully saturated rings. The summed E-state index contributed by atoms with van der Waals surface area (Å²) in [4.78, 5) is 43.4. The van der Waals surface area contributed by atoms with Crippen LogP contribution in [0.25, 0.3) is 10.2 Å². The van der Waals surface area contributed by atoms with Crippen LogP contribution in [0.4, 0.5) is 0 Å². The zero-order valence-corrected chi connectivity index (χ0v) is 11.8. The molecule has 0 unspecified atom stereocenters. The molecule has 0 atom stereocenters. The maximum Gasteiger partial charge on any atom is 0.323 e. The smallest absolute Gasteiger partial charge is 0.323 e. The first-order valence-electron chi connectivity index (χ1n) is 5.93. The van der Waals surface area contributed by atoms with Crippen molar-refractivity contribution >= 4 is 33.4 Å². The molecular formula is C12H13N3O4S. The molecule has 0 aliphatic carbocycles. The number of rotatable bonds is 4. The van der Waals surface area contributed by atoms with Crippen LogP contribution in [0, 0.1) is 6.92 Å². The average molecular weight is 295 g/mol. The van der Waals surface area contributed by atoms with E-state index in [-0.39, 0.29) is 18.6 Å². The van der Waals surface area contributed by atoms with E-state index in [1.165, 1.54) is 11.2 Å². The summed E-state index contributed by atoms with van der Waals surface area (Å²) in [7, 11) is 0. The van der Waals surface area contributed by atoms with Gasteiger partial charge in [-0.25, -0.2) is 4.98 Å². The Labute approximate surface area is 117 Å². The van der Waals surface area contributed by atoms with Gasteiger partial charge >= 0.3 is 5.97 Å². The SMILES string of the molecule is CCN(CC(=O)O)C(=O)c1sc2nc[nH]c(=O)c2c1C. The largest absolute Gasteiger partial charge is 0.480 e. The van der Waals surface area contributed by atoms with Crippen molar-refractivity contribution in [1.29, 1.82) is 0 Å². The maximum absolute atomic E-state index is 12.3. The van der Waals surface area contributed by atoms with Crippen molar-refractivity contribution in [2.24, 2.45) is 0 Å². The third kappa shape index (κ3) is 2.42. The number of carboxylic acids is 1. The molecule has 0 aliphatic heterocycles. The average Bonchev–Trinajstić information content (AvgIpc) is 2.73. The highest BCUT2D eigenvalue weighted by Crippen LogP contribution is 2.27. The molecule has 2 rings (SSSR count). The van der Waals surface area contributed by atoms with E-state index in [1.54, 1.807) is 13.8 Å². The first-order valence-corrected chi connectivity index (χ1v) is 6.75. The van der Waals surface area contributed by atoms with Gasteiger partial charge < -0.3 is 15.0 Å². The second-order valence-electron chi connectivity index (χ2n) is 4.18. The van der Waals surface area contributed by atoms with Gasteiger partial charge in [0, 0.05) is 6.54 Å². The van der Waals surface area contributed by atoms with Gasteiger partial charge in [0.2, 0.25) is 0 Å². The molecule has 0 saturated carbocycles. The van der Waals surface area contributed by atoms with Crippen LogP contribution < -0.4 is 5.56 Å². The molecule has 0 saturated heterocycles. The van der Waals surface area contributed by atoms with Crippen molar-refractivity contribution in [2.45, 2.75) is 13.8 Å². The minimum Gasteiger partial charge on any atom is -0.480 e. The van der Waals surface area contributed by atoms with E-state index in [4.69, 9.17) is 5.11 Å². The molecule has 2 heterocycles. The van der Waals surface area contributed by atoms with Crippen molar-refractivity contribution in [3.63, 3.8) is 0 Å². The van der Waals surface area contributed by atoms with Gasteiger partial charge in [0.05, 0.1) is 16.6 Å². The summed E-state index contributed by atoms with van der Waals surface area (Å²) in [6, 6.07) is 0. The third-order valence-electron chi connectivity index (χ3n) is 2.92. The number of nitrogens with one attached hydrogen (secondary N) is 1. The summed E-state index contributed by atoms with van der Waals surface area (Å²) >= 11 is 1.10. The first-order chi connectivity index (χ1) is 9.45. The highest BCUT2D eigenvalue weighted by molar-refractivity contribution is 7.20. The summed E-state index contributed by atoms with van der Waals surface area (Å²) < 4.78 is 0. The molecule has 0 radical (unpaired) electrons. The van der Waals surface area contributed by atoms with Crippen LogP contribution in [0.3, 0.4) is 0 Å². The standard InChI is InChI=1S/C12H13N3O4S/c1-3-15(4-7(16)17)12(19)9-6(2)8-10(18)13-5-14-11(8)20-9/h5H,3-4H2,1-2H3,(H,16,17)(H,13,14,18). The predicted octanol–water partition coefficient (Wildman–Crippen LogP) is 0.840. The number of hydrogen-bond acceptors (Lipinski definition) is 5. The number of aromatic amines is 1. The minimum absolute atomic E-state index is 0.280. The van der Waals surface area contributed by atoms with Crippen LogP contribution in [-0.4, -0.2) is 44.9 Å².